The standard InChI is InChI=1S/C23H31N3O2/c1-14(2)20-13-25(10-9-21(27)26(20)12-17-6-7-17)23(28)22-16(4)18-11-15(3)5-8-19(18)24-22/h5,8,11,14,17,20,24H,6-7,9-10,12-13H2,1-4H3/t20-/m1/s1. The van der Waals surface area contributed by atoms with Crippen LogP contribution >= 0.6 is 0 Å². The molecule has 5 heteroatoms. The lowest BCUT2D eigenvalue weighted by atomic mass is 10.0. The molecule has 2 heterocycles. The van der Waals surface area contributed by atoms with E-state index in [0.29, 0.717) is 37.0 Å². The summed E-state index contributed by atoms with van der Waals surface area (Å²) >= 11 is 0. The number of fused-ring (bicyclic) bond motifs is 1. The first-order valence-electron chi connectivity index (χ1n) is 10.5. The minimum atomic E-state index is 0.0121. The Morgan fingerprint density at radius 3 is 2.68 bits per heavy atom. The van der Waals surface area contributed by atoms with E-state index in [0.717, 1.165) is 23.0 Å². The monoisotopic (exact) mass is 381 g/mol. The highest BCUT2D eigenvalue weighted by atomic mass is 16.2. The van der Waals surface area contributed by atoms with Gasteiger partial charge < -0.3 is 14.8 Å². The summed E-state index contributed by atoms with van der Waals surface area (Å²) in [5, 5.41) is 1.10. The van der Waals surface area contributed by atoms with E-state index in [-0.39, 0.29) is 17.9 Å². The summed E-state index contributed by atoms with van der Waals surface area (Å²) in [7, 11) is 0. The molecule has 1 aromatic carbocycles. The van der Waals surface area contributed by atoms with Crippen LogP contribution in [0.4, 0.5) is 0 Å². The molecule has 0 bridgehead atoms. The SMILES string of the molecule is Cc1ccc2[nH]c(C(=O)N3CCC(=O)N(CC4CC4)[C@@H](C(C)C)C3)c(C)c2c1. The van der Waals surface area contributed by atoms with Crippen LogP contribution in [0.2, 0.25) is 0 Å². The minimum absolute atomic E-state index is 0.0121. The summed E-state index contributed by atoms with van der Waals surface area (Å²) in [6.07, 6.45) is 2.87. The highest BCUT2D eigenvalue weighted by Crippen LogP contribution is 2.32. The van der Waals surface area contributed by atoms with E-state index in [4.69, 9.17) is 0 Å². The number of benzene rings is 1. The van der Waals surface area contributed by atoms with Gasteiger partial charge in [-0.2, -0.15) is 0 Å². The first-order chi connectivity index (χ1) is 13.3. The van der Waals surface area contributed by atoms with E-state index in [9.17, 15) is 9.59 Å². The first-order valence-corrected chi connectivity index (χ1v) is 10.5. The molecule has 4 rings (SSSR count). The van der Waals surface area contributed by atoms with Crippen LogP contribution in [0.15, 0.2) is 18.2 Å². The van der Waals surface area contributed by atoms with Gasteiger partial charge in [0, 0.05) is 37.0 Å². The molecule has 2 amide bonds. The van der Waals surface area contributed by atoms with Gasteiger partial charge in [0.05, 0.1) is 6.04 Å². The molecule has 1 aromatic heterocycles. The van der Waals surface area contributed by atoms with Crippen molar-refractivity contribution in [3.05, 3.63) is 35.0 Å². The third-order valence-electron chi connectivity index (χ3n) is 6.36. The summed E-state index contributed by atoms with van der Waals surface area (Å²) < 4.78 is 0. The second-order valence-corrected chi connectivity index (χ2v) is 8.98. The number of nitrogens with zero attached hydrogens (tertiary/aromatic N) is 2. The van der Waals surface area contributed by atoms with Crippen molar-refractivity contribution in [1.29, 1.82) is 0 Å². The van der Waals surface area contributed by atoms with Gasteiger partial charge in [-0.05, 0) is 56.2 Å². The van der Waals surface area contributed by atoms with Gasteiger partial charge in [-0.3, -0.25) is 9.59 Å². The average molecular weight is 382 g/mol. The molecule has 28 heavy (non-hydrogen) atoms. The lowest BCUT2D eigenvalue weighted by Crippen LogP contribution is -2.48. The minimum Gasteiger partial charge on any atom is -0.350 e. The molecule has 2 aliphatic rings. The van der Waals surface area contributed by atoms with Gasteiger partial charge in [-0.1, -0.05) is 25.5 Å². The second kappa shape index (κ2) is 7.26. The van der Waals surface area contributed by atoms with Gasteiger partial charge in [0.1, 0.15) is 5.69 Å². The molecule has 0 unspecified atom stereocenters. The van der Waals surface area contributed by atoms with Crippen molar-refractivity contribution in [1.82, 2.24) is 14.8 Å². The molecule has 0 radical (unpaired) electrons. The van der Waals surface area contributed by atoms with E-state index in [1.165, 1.54) is 18.4 Å². The fourth-order valence-corrected chi connectivity index (χ4v) is 4.36. The molecule has 150 valence electrons. The Bertz CT molecular complexity index is 910. The van der Waals surface area contributed by atoms with Crippen molar-refractivity contribution in [2.24, 2.45) is 11.8 Å². The van der Waals surface area contributed by atoms with Crippen LogP contribution in [0.1, 0.15) is 54.7 Å². The van der Waals surface area contributed by atoms with E-state index >= 15 is 0 Å². The third kappa shape index (κ3) is 3.54. The van der Waals surface area contributed by atoms with Crippen molar-refractivity contribution in [3.63, 3.8) is 0 Å². The molecule has 1 saturated carbocycles. The first kappa shape index (κ1) is 19.0. The molecule has 2 fully saturated rings. The largest absolute Gasteiger partial charge is 0.350 e. The van der Waals surface area contributed by atoms with E-state index in [2.05, 4.69) is 42.8 Å². The lowest BCUT2D eigenvalue weighted by Gasteiger charge is -2.34. The van der Waals surface area contributed by atoms with E-state index in [1.54, 1.807) is 0 Å². The van der Waals surface area contributed by atoms with Crippen LogP contribution < -0.4 is 0 Å². The van der Waals surface area contributed by atoms with Gasteiger partial charge in [0.15, 0.2) is 0 Å². The Hall–Kier alpha value is -2.30. The summed E-state index contributed by atoms with van der Waals surface area (Å²) in [4.78, 5) is 33.5. The highest BCUT2D eigenvalue weighted by molar-refractivity contribution is 6.01. The Morgan fingerprint density at radius 2 is 2.00 bits per heavy atom. The number of hydrogen-bond acceptors (Lipinski definition) is 2. The molecular weight excluding hydrogens is 350 g/mol. The molecule has 1 aliphatic carbocycles. The Kier molecular flexibility index (Phi) is 4.94. The molecular formula is C23H31N3O2. The van der Waals surface area contributed by atoms with Gasteiger partial charge >= 0.3 is 0 Å². The third-order valence-corrected chi connectivity index (χ3v) is 6.36. The molecule has 1 saturated heterocycles. The number of carbonyl (C=O) groups is 2. The number of aromatic amines is 1. The maximum Gasteiger partial charge on any atom is 0.270 e. The summed E-state index contributed by atoms with van der Waals surface area (Å²) in [6.45, 7) is 10.3. The number of rotatable bonds is 4. The van der Waals surface area contributed by atoms with Crippen molar-refractivity contribution in [2.75, 3.05) is 19.6 Å². The fraction of sp³-hybridized carbons (Fsp3) is 0.565. The van der Waals surface area contributed by atoms with Crippen LogP contribution in [0.25, 0.3) is 10.9 Å². The van der Waals surface area contributed by atoms with Crippen molar-refractivity contribution >= 4 is 22.7 Å². The Morgan fingerprint density at radius 1 is 1.25 bits per heavy atom. The topological polar surface area (TPSA) is 56.4 Å². The van der Waals surface area contributed by atoms with Gasteiger partial charge in [0.2, 0.25) is 5.91 Å². The van der Waals surface area contributed by atoms with Crippen LogP contribution in [0.5, 0.6) is 0 Å². The summed E-state index contributed by atoms with van der Waals surface area (Å²) in [5.41, 5.74) is 3.83. The molecule has 5 nitrogen and oxygen atoms in total. The molecule has 2 aromatic rings. The summed E-state index contributed by atoms with van der Waals surface area (Å²) in [6, 6.07) is 6.31. The van der Waals surface area contributed by atoms with Crippen LogP contribution in [0.3, 0.4) is 0 Å². The van der Waals surface area contributed by atoms with Crippen molar-refractivity contribution < 1.29 is 9.59 Å². The average Bonchev–Trinajstić information content (AvgIpc) is 3.44. The molecule has 0 spiro atoms. The fourth-order valence-electron chi connectivity index (χ4n) is 4.36. The quantitative estimate of drug-likeness (QED) is 0.873. The number of H-pyrrole nitrogens is 1. The maximum absolute atomic E-state index is 13.4. The van der Waals surface area contributed by atoms with Gasteiger partial charge in [0.25, 0.3) is 5.91 Å². The van der Waals surface area contributed by atoms with Gasteiger partial charge in [-0.15, -0.1) is 0 Å². The van der Waals surface area contributed by atoms with Gasteiger partial charge in [-0.25, -0.2) is 0 Å². The second-order valence-electron chi connectivity index (χ2n) is 8.98. The highest BCUT2D eigenvalue weighted by Gasteiger charge is 2.37. The Balaban J connectivity index is 1.62. The molecule has 1 aliphatic heterocycles. The zero-order valence-electron chi connectivity index (χ0n) is 17.4. The lowest BCUT2D eigenvalue weighted by molar-refractivity contribution is -0.133. The predicted octanol–water partition coefficient (Wildman–Crippen LogP) is 3.89. The van der Waals surface area contributed by atoms with E-state index in [1.807, 2.05) is 17.9 Å². The zero-order valence-corrected chi connectivity index (χ0v) is 17.4. The predicted molar refractivity (Wildman–Crippen MR) is 111 cm³/mol. The Labute approximate surface area is 167 Å². The van der Waals surface area contributed by atoms with E-state index < -0.39 is 0 Å². The smallest absolute Gasteiger partial charge is 0.270 e. The van der Waals surface area contributed by atoms with Crippen molar-refractivity contribution in [2.45, 2.75) is 53.0 Å². The number of amides is 2. The zero-order chi connectivity index (χ0) is 20.0. The van der Waals surface area contributed by atoms with Crippen molar-refractivity contribution in [3.8, 4) is 0 Å². The van der Waals surface area contributed by atoms with Crippen LogP contribution in [-0.4, -0.2) is 52.3 Å². The number of nitrogens with one attached hydrogen (secondary N) is 1. The number of carbonyl (C=O) groups excluding carboxylic acids is 2. The summed E-state index contributed by atoms with van der Waals surface area (Å²) in [5.74, 6) is 1.19. The van der Waals surface area contributed by atoms with Crippen LogP contribution in [0, 0.1) is 25.7 Å². The number of hydrogen-bond donors (Lipinski definition) is 1. The van der Waals surface area contributed by atoms with Crippen LogP contribution in [-0.2, 0) is 4.79 Å². The molecule has 1 atom stereocenters. The maximum atomic E-state index is 13.4. The molecule has 1 N–H and O–H groups in total. The number of aromatic nitrogens is 1. The number of aryl methyl sites for hydroxylation is 2. The normalized spacial score (nSPS) is 20.9.